The van der Waals surface area contributed by atoms with Gasteiger partial charge in [0, 0.05) is 0 Å². The Morgan fingerprint density at radius 2 is 1.82 bits per heavy atom. The number of hydrogen-bond acceptors (Lipinski definition) is 2. The Bertz CT molecular complexity index is 611. The molecular formula is C20H22N2. The van der Waals surface area contributed by atoms with Crippen LogP contribution in [0.5, 0.6) is 0 Å². The van der Waals surface area contributed by atoms with Crippen LogP contribution in [0.1, 0.15) is 26.2 Å². The third-order valence-corrected chi connectivity index (χ3v) is 2.75. The fraction of sp³-hybridized carbons (Fsp3) is 0.200. The van der Waals surface area contributed by atoms with E-state index in [9.17, 15) is 0 Å². The van der Waals surface area contributed by atoms with Crippen LogP contribution in [0.3, 0.4) is 0 Å². The molecule has 0 bridgehead atoms. The average Bonchev–Trinajstić information content (AvgIpc) is 2.48. The van der Waals surface area contributed by atoms with Crippen LogP contribution < -0.4 is 0 Å². The average molecular weight is 290 g/mol. The molecule has 0 heterocycles. The fourth-order valence-electron chi connectivity index (χ4n) is 1.78. The zero-order valence-corrected chi connectivity index (χ0v) is 13.2. The summed E-state index contributed by atoms with van der Waals surface area (Å²) in [6.07, 6.45) is 14.5. The van der Waals surface area contributed by atoms with Crippen molar-refractivity contribution >= 4 is 0 Å². The monoisotopic (exact) mass is 290 g/mol. The molecule has 22 heavy (non-hydrogen) atoms. The molecule has 0 radical (unpaired) electrons. The number of rotatable bonds is 9. The van der Waals surface area contributed by atoms with E-state index in [0.29, 0.717) is 12.0 Å². The minimum atomic E-state index is 0.392. The normalized spacial score (nSPS) is 12.6. The second-order valence-corrected chi connectivity index (χ2v) is 4.80. The molecule has 0 saturated heterocycles. The zero-order valence-electron chi connectivity index (χ0n) is 13.2. The van der Waals surface area contributed by atoms with Gasteiger partial charge in [-0.3, -0.25) is 0 Å². The van der Waals surface area contributed by atoms with Crippen molar-refractivity contribution in [2.75, 3.05) is 0 Å². The lowest BCUT2D eigenvalue weighted by Gasteiger charge is -2.07. The lowest BCUT2D eigenvalue weighted by atomic mass is 9.99. The first kappa shape index (κ1) is 19.2. The Balaban J connectivity index is 4.75. The van der Waals surface area contributed by atoms with Gasteiger partial charge in [0.15, 0.2) is 0 Å². The van der Waals surface area contributed by atoms with Gasteiger partial charge in [0.2, 0.25) is 0 Å². The molecule has 0 aromatic heterocycles. The van der Waals surface area contributed by atoms with Gasteiger partial charge in [-0.05, 0) is 31.4 Å². The predicted molar refractivity (Wildman–Crippen MR) is 93.7 cm³/mol. The van der Waals surface area contributed by atoms with Crippen molar-refractivity contribution in [3.63, 3.8) is 0 Å². The van der Waals surface area contributed by atoms with Gasteiger partial charge < -0.3 is 0 Å². The highest BCUT2D eigenvalue weighted by atomic mass is 14.2. The van der Waals surface area contributed by atoms with E-state index < -0.39 is 0 Å². The minimum absolute atomic E-state index is 0.392. The topological polar surface area (TPSA) is 47.6 Å². The lowest BCUT2D eigenvalue weighted by molar-refractivity contribution is 1.03. The molecule has 0 unspecified atom stereocenters. The minimum Gasteiger partial charge on any atom is -0.198 e. The van der Waals surface area contributed by atoms with Crippen molar-refractivity contribution in [1.82, 2.24) is 0 Å². The van der Waals surface area contributed by atoms with Crippen LogP contribution in [-0.2, 0) is 0 Å². The molecule has 0 spiro atoms. The van der Waals surface area contributed by atoms with Crippen LogP contribution in [-0.4, -0.2) is 0 Å². The summed E-state index contributed by atoms with van der Waals surface area (Å²) in [6.45, 7) is 13.4. The highest BCUT2D eigenvalue weighted by Gasteiger charge is 1.99. The molecule has 0 aromatic rings. The first-order valence-electron chi connectivity index (χ1n) is 6.99. The summed E-state index contributed by atoms with van der Waals surface area (Å²) in [5.41, 5.74) is 3.80. The Morgan fingerprint density at radius 3 is 2.36 bits per heavy atom. The first-order chi connectivity index (χ1) is 10.6. The lowest BCUT2D eigenvalue weighted by Crippen LogP contribution is -1.87. The Kier molecular flexibility index (Phi) is 10.4. The zero-order chi connectivity index (χ0) is 16.8. The molecule has 0 saturated carbocycles. The third kappa shape index (κ3) is 9.13. The summed E-state index contributed by atoms with van der Waals surface area (Å²) >= 11 is 0. The highest BCUT2D eigenvalue weighted by molar-refractivity contribution is 5.36. The molecule has 0 aliphatic carbocycles. The molecule has 0 amide bonds. The number of nitriles is 2. The summed E-state index contributed by atoms with van der Waals surface area (Å²) in [4.78, 5) is 0. The van der Waals surface area contributed by atoms with Gasteiger partial charge >= 0.3 is 0 Å². The van der Waals surface area contributed by atoms with Crippen LogP contribution in [0.4, 0.5) is 0 Å². The van der Waals surface area contributed by atoms with E-state index in [1.165, 1.54) is 6.08 Å². The fourth-order valence-corrected chi connectivity index (χ4v) is 1.78. The molecule has 2 nitrogen and oxygen atoms in total. The second kappa shape index (κ2) is 11.9. The van der Waals surface area contributed by atoms with Gasteiger partial charge in [-0.1, -0.05) is 67.3 Å². The number of nitrogens with zero attached hydrogens (tertiary/aromatic N) is 2. The first-order valence-corrected chi connectivity index (χ1v) is 6.99. The van der Waals surface area contributed by atoms with Crippen molar-refractivity contribution in [1.29, 1.82) is 10.5 Å². The van der Waals surface area contributed by atoms with Crippen LogP contribution in [0.25, 0.3) is 0 Å². The maximum Gasteiger partial charge on any atom is 0.0991 e. The standard InChI is InChI=1S/C20H22N2/c1-5-9-20(10-7-8-13-21)15-18(4)14-17(3)11-12-19(6-2)16-22/h5-7,9-12H,1-2,4,8,14-15H2,3H3/b10-7-,17-11+,19-12+,20-9+. The highest BCUT2D eigenvalue weighted by Crippen LogP contribution is 2.18. The van der Waals surface area contributed by atoms with Crippen molar-refractivity contribution < 1.29 is 0 Å². The Labute approximate surface area is 134 Å². The molecule has 0 aromatic carbocycles. The smallest absolute Gasteiger partial charge is 0.0991 e. The van der Waals surface area contributed by atoms with E-state index in [1.807, 2.05) is 31.2 Å². The van der Waals surface area contributed by atoms with E-state index in [0.717, 1.165) is 29.6 Å². The SMILES string of the molecule is C=C/C=C(\C=C/CC#N)CC(=C)C/C(C)=C/C=C(/C#N)C=C. The molecule has 112 valence electrons. The Morgan fingerprint density at radius 1 is 1.09 bits per heavy atom. The second-order valence-electron chi connectivity index (χ2n) is 4.80. The van der Waals surface area contributed by atoms with Gasteiger partial charge in [0.25, 0.3) is 0 Å². The molecule has 0 atom stereocenters. The van der Waals surface area contributed by atoms with E-state index in [4.69, 9.17) is 10.5 Å². The van der Waals surface area contributed by atoms with Crippen LogP contribution in [0.2, 0.25) is 0 Å². The summed E-state index contributed by atoms with van der Waals surface area (Å²) in [6, 6.07) is 4.14. The maximum atomic E-state index is 8.82. The van der Waals surface area contributed by atoms with Crippen molar-refractivity contribution in [2.24, 2.45) is 0 Å². The van der Waals surface area contributed by atoms with Crippen LogP contribution in [0, 0.1) is 22.7 Å². The largest absolute Gasteiger partial charge is 0.198 e. The molecular weight excluding hydrogens is 268 g/mol. The van der Waals surface area contributed by atoms with Crippen molar-refractivity contribution in [3.8, 4) is 12.1 Å². The van der Waals surface area contributed by atoms with Crippen LogP contribution in [0.15, 0.2) is 84.6 Å². The van der Waals surface area contributed by atoms with Gasteiger partial charge in [0.05, 0.1) is 24.1 Å². The molecule has 0 aliphatic rings. The predicted octanol–water partition coefficient (Wildman–Crippen LogP) is 5.49. The maximum absolute atomic E-state index is 8.82. The number of allylic oxidation sites excluding steroid dienone is 11. The van der Waals surface area contributed by atoms with Crippen molar-refractivity contribution in [2.45, 2.75) is 26.2 Å². The van der Waals surface area contributed by atoms with E-state index in [-0.39, 0.29) is 0 Å². The summed E-state index contributed by atoms with van der Waals surface area (Å²) < 4.78 is 0. The molecule has 0 rings (SSSR count). The van der Waals surface area contributed by atoms with Gasteiger partial charge in [0.1, 0.15) is 0 Å². The Hall–Kier alpha value is -2.84. The van der Waals surface area contributed by atoms with E-state index in [2.05, 4.69) is 31.9 Å². The van der Waals surface area contributed by atoms with Crippen molar-refractivity contribution in [3.05, 3.63) is 84.6 Å². The summed E-state index contributed by atoms with van der Waals surface area (Å²) in [5.74, 6) is 0. The van der Waals surface area contributed by atoms with E-state index >= 15 is 0 Å². The van der Waals surface area contributed by atoms with Crippen LogP contribution >= 0.6 is 0 Å². The van der Waals surface area contributed by atoms with Gasteiger partial charge in [-0.2, -0.15) is 10.5 Å². The third-order valence-electron chi connectivity index (χ3n) is 2.75. The van der Waals surface area contributed by atoms with Gasteiger partial charge in [-0.25, -0.2) is 0 Å². The molecule has 2 heteroatoms. The summed E-state index contributed by atoms with van der Waals surface area (Å²) in [7, 11) is 0. The molecule has 0 aliphatic heterocycles. The number of hydrogen-bond donors (Lipinski definition) is 0. The quantitative estimate of drug-likeness (QED) is 0.320. The summed E-state index contributed by atoms with van der Waals surface area (Å²) in [5, 5.41) is 17.4. The van der Waals surface area contributed by atoms with Gasteiger partial charge in [-0.15, -0.1) is 0 Å². The van der Waals surface area contributed by atoms with E-state index in [1.54, 1.807) is 12.2 Å². The molecule has 0 N–H and O–H groups in total. The molecule has 0 fully saturated rings.